The lowest BCUT2D eigenvalue weighted by atomic mass is 9.99. The highest BCUT2D eigenvalue weighted by molar-refractivity contribution is 5.68. The Labute approximate surface area is 150 Å². The molecule has 1 aromatic carbocycles. The molecule has 2 nitrogen and oxygen atoms in total. The van der Waals surface area contributed by atoms with Gasteiger partial charge in [-0.2, -0.15) is 0 Å². The monoisotopic (exact) mass is 338 g/mol. The van der Waals surface area contributed by atoms with E-state index < -0.39 is 6.67 Å². The van der Waals surface area contributed by atoms with Crippen molar-refractivity contribution in [2.24, 2.45) is 5.92 Å². The first-order chi connectivity index (χ1) is 12.1. The molecule has 0 aliphatic carbocycles. The molecule has 1 unspecified atom stereocenters. The van der Waals surface area contributed by atoms with Crippen LogP contribution in [0.4, 0.5) is 10.1 Å². The second-order valence-electron chi connectivity index (χ2n) is 7.27. The van der Waals surface area contributed by atoms with Crippen molar-refractivity contribution in [1.29, 1.82) is 0 Å². The van der Waals surface area contributed by atoms with Crippen LogP contribution < -0.4 is 4.90 Å². The second kappa shape index (κ2) is 7.81. The number of alkyl halides is 1. The summed E-state index contributed by atoms with van der Waals surface area (Å²) >= 11 is 0. The average molecular weight is 338 g/mol. The van der Waals surface area contributed by atoms with Gasteiger partial charge in [0, 0.05) is 36.2 Å². The fourth-order valence-corrected chi connectivity index (χ4v) is 3.55. The van der Waals surface area contributed by atoms with Gasteiger partial charge in [0.2, 0.25) is 0 Å². The Morgan fingerprint density at radius 2 is 2.16 bits per heavy atom. The average Bonchev–Trinajstić information content (AvgIpc) is 3.10. The van der Waals surface area contributed by atoms with Crippen molar-refractivity contribution in [1.82, 2.24) is 4.98 Å². The van der Waals surface area contributed by atoms with Gasteiger partial charge in [0.15, 0.2) is 0 Å². The summed E-state index contributed by atoms with van der Waals surface area (Å²) in [5.41, 5.74) is 5.56. The van der Waals surface area contributed by atoms with Crippen molar-refractivity contribution in [2.75, 3.05) is 18.0 Å². The van der Waals surface area contributed by atoms with Crippen LogP contribution in [0.25, 0.3) is 6.08 Å². The van der Waals surface area contributed by atoms with Gasteiger partial charge in [-0.05, 0) is 54.0 Å². The Balaban J connectivity index is 1.68. The normalized spacial score (nSPS) is 17.3. The van der Waals surface area contributed by atoms with Gasteiger partial charge in [0.05, 0.1) is 0 Å². The predicted octanol–water partition coefficient (Wildman–Crippen LogP) is 5.39. The highest BCUT2D eigenvalue weighted by Crippen LogP contribution is 2.31. The number of rotatable bonds is 6. The summed E-state index contributed by atoms with van der Waals surface area (Å²) in [4.78, 5) is 6.86. The highest BCUT2D eigenvalue weighted by atomic mass is 19.1. The summed E-state index contributed by atoms with van der Waals surface area (Å²) in [7, 11) is 0. The number of hydrogen-bond acceptors (Lipinski definition) is 2. The SMILES string of the molecule is C=Cc1cc(C(C)C)ccc1N1CCC(Cc2ccc(CF)cn2)C1. The Hall–Kier alpha value is -2.16. The molecule has 132 valence electrons. The highest BCUT2D eigenvalue weighted by Gasteiger charge is 2.24. The first kappa shape index (κ1) is 17.7. The van der Waals surface area contributed by atoms with Gasteiger partial charge < -0.3 is 4.90 Å². The number of aromatic nitrogens is 1. The van der Waals surface area contributed by atoms with E-state index in [0.717, 1.165) is 31.6 Å². The van der Waals surface area contributed by atoms with Crippen LogP contribution in [0.1, 0.15) is 48.6 Å². The van der Waals surface area contributed by atoms with Crippen LogP contribution in [0, 0.1) is 5.92 Å². The third kappa shape index (κ3) is 4.09. The molecule has 0 bridgehead atoms. The number of anilines is 1. The molecule has 3 rings (SSSR count). The molecule has 1 aromatic heterocycles. The van der Waals surface area contributed by atoms with Crippen LogP contribution in [-0.2, 0) is 13.1 Å². The summed E-state index contributed by atoms with van der Waals surface area (Å²) in [6, 6.07) is 10.5. The number of pyridine rings is 1. The zero-order valence-corrected chi connectivity index (χ0v) is 15.2. The van der Waals surface area contributed by atoms with Gasteiger partial charge >= 0.3 is 0 Å². The molecule has 1 atom stereocenters. The molecule has 1 saturated heterocycles. The zero-order chi connectivity index (χ0) is 17.8. The molecular weight excluding hydrogens is 311 g/mol. The minimum absolute atomic E-state index is 0.443. The molecule has 0 N–H and O–H groups in total. The Kier molecular flexibility index (Phi) is 5.52. The van der Waals surface area contributed by atoms with E-state index in [-0.39, 0.29) is 0 Å². The minimum Gasteiger partial charge on any atom is -0.371 e. The Bertz CT molecular complexity index is 721. The maximum atomic E-state index is 12.6. The Morgan fingerprint density at radius 3 is 2.80 bits per heavy atom. The van der Waals surface area contributed by atoms with Crippen molar-refractivity contribution >= 4 is 11.8 Å². The molecule has 2 aromatic rings. The molecule has 0 saturated carbocycles. The van der Waals surface area contributed by atoms with E-state index in [1.807, 2.05) is 18.2 Å². The van der Waals surface area contributed by atoms with Crippen LogP contribution in [0.3, 0.4) is 0 Å². The van der Waals surface area contributed by atoms with E-state index in [0.29, 0.717) is 17.4 Å². The summed E-state index contributed by atoms with van der Waals surface area (Å²) in [5.74, 6) is 1.11. The van der Waals surface area contributed by atoms with Gasteiger partial charge in [0.25, 0.3) is 0 Å². The smallest absolute Gasteiger partial charge is 0.116 e. The minimum atomic E-state index is -0.443. The van der Waals surface area contributed by atoms with Crippen LogP contribution >= 0.6 is 0 Å². The van der Waals surface area contributed by atoms with Crippen molar-refractivity contribution in [3.05, 3.63) is 65.5 Å². The first-order valence-corrected chi connectivity index (χ1v) is 9.11. The second-order valence-corrected chi connectivity index (χ2v) is 7.27. The summed E-state index contributed by atoms with van der Waals surface area (Å²) in [6.07, 6.45) is 5.74. The van der Waals surface area contributed by atoms with E-state index in [4.69, 9.17) is 0 Å². The summed E-state index contributed by atoms with van der Waals surface area (Å²) in [5, 5.41) is 0. The van der Waals surface area contributed by atoms with Crippen LogP contribution in [-0.4, -0.2) is 18.1 Å². The van der Waals surface area contributed by atoms with Gasteiger partial charge in [-0.25, -0.2) is 4.39 Å². The van der Waals surface area contributed by atoms with Crippen LogP contribution in [0.15, 0.2) is 43.1 Å². The number of benzene rings is 1. The molecule has 3 heteroatoms. The maximum Gasteiger partial charge on any atom is 0.116 e. The molecule has 0 radical (unpaired) electrons. The van der Waals surface area contributed by atoms with Gasteiger partial charge in [-0.1, -0.05) is 38.6 Å². The largest absolute Gasteiger partial charge is 0.371 e. The third-order valence-electron chi connectivity index (χ3n) is 5.10. The molecule has 0 spiro atoms. The van der Waals surface area contributed by atoms with E-state index in [2.05, 4.69) is 48.5 Å². The Morgan fingerprint density at radius 1 is 1.32 bits per heavy atom. The van der Waals surface area contributed by atoms with Crippen LogP contribution in [0.2, 0.25) is 0 Å². The van der Waals surface area contributed by atoms with E-state index in [1.165, 1.54) is 16.8 Å². The fraction of sp³-hybridized carbons (Fsp3) is 0.409. The molecule has 2 heterocycles. The van der Waals surface area contributed by atoms with Crippen molar-refractivity contribution < 1.29 is 4.39 Å². The van der Waals surface area contributed by atoms with Gasteiger partial charge in [0.1, 0.15) is 6.67 Å². The topological polar surface area (TPSA) is 16.1 Å². The fourth-order valence-electron chi connectivity index (χ4n) is 3.55. The van der Waals surface area contributed by atoms with Gasteiger partial charge in [-0.15, -0.1) is 0 Å². The number of halogens is 1. The van der Waals surface area contributed by atoms with Gasteiger partial charge in [-0.3, -0.25) is 4.98 Å². The molecule has 1 aliphatic rings. The van der Waals surface area contributed by atoms with Crippen molar-refractivity contribution in [3.8, 4) is 0 Å². The van der Waals surface area contributed by atoms with E-state index in [9.17, 15) is 4.39 Å². The van der Waals surface area contributed by atoms with Crippen molar-refractivity contribution in [2.45, 2.75) is 39.3 Å². The molecule has 1 aliphatic heterocycles. The molecule has 1 fully saturated rings. The zero-order valence-electron chi connectivity index (χ0n) is 15.2. The molecular formula is C22H27FN2. The summed E-state index contributed by atoms with van der Waals surface area (Å²) < 4.78 is 12.6. The first-order valence-electron chi connectivity index (χ1n) is 9.11. The lowest BCUT2D eigenvalue weighted by Crippen LogP contribution is -2.21. The maximum absolute atomic E-state index is 12.6. The van der Waals surface area contributed by atoms with E-state index >= 15 is 0 Å². The standard InChI is InChI=1S/C22H27FN2/c1-4-19-12-20(16(2)3)6-8-22(19)25-10-9-17(15-25)11-21-7-5-18(13-23)14-24-21/h4-8,12,14,16-17H,1,9-11,13,15H2,2-3H3. The lowest BCUT2D eigenvalue weighted by Gasteiger charge is -2.22. The number of nitrogens with zero attached hydrogens (tertiary/aromatic N) is 2. The van der Waals surface area contributed by atoms with E-state index in [1.54, 1.807) is 6.20 Å². The predicted molar refractivity (Wildman–Crippen MR) is 104 cm³/mol. The quantitative estimate of drug-likeness (QED) is 0.702. The molecule has 25 heavy (non-hydrogen) atoms. The number of hydrogen-bond donors (Lipinski definition) is 0. The molecule has 0 amide bonds. The van der Waals surface area contributed by atoms with Crippen LogP contribution in [0.5, 0.6) is 0 Å². The lowest BCUT2D eigenvalue weighted by molar-refractivity contribution is 0.483. The van der Waals surface area contributed by atoms with Crippen molar-refractivity contribution in [3.63, 3.8) is 0 Å². The summed E-state index contributed by atoms with van der Waals surface area (Å²) in [6.45, 7) is 10.1. The third-order valence-corrected chi connectivity index (χ3v) is 5.10.